The van der Waals surface area contributed by atoms with Crippen molar-refractivity contribution in [3.63, 3.8) is 0 Å². The number of carbonyl (C=O) groups is 1. The van der Waals surface area contributed by atoms with E-state index in [1.54, 1.807) is 0 Å². The molecule has 1 aliphatic rings. The molecule has 3 atom stereocenters. The summed E-state index contributed by atoms with van der Waals surface area (Å²) in [5.41, 5.74) is 7.10. The average Bonchev–Trinajstić information content (AvgIpc) is 2.46. The Morgan fingerprint density at radius 1 is 1.35 bits per heavy atom. The van der Waals surface area contributed by atoms with Crippen LogP contribution in [0.1, 0.15) is 25.5 Å². The first-order chi connectivity index (χ1) is 9.11. The van der Waals surface area contributed by atoms with Crippen molar-refractivity contribution in [1.82, 2.24) is 4.90 Å². The number of amides is 1. The third-order valence-corrected chi connectivity index (χ3v) is 4.80. The van der Waals surface area contributed by atoms with Crippen LogP contribution in [0.2, 0.25) is 0 Å². The van der Waals surface area contributed by atoms with Gasteiger partial charge in [0, 0.05) is 24.1 Å². The zero-order valence-electron chi connectivity index (χ0n) is 12.0. The highest BCUT2D eigenvalue weighted by Crippen LogP contribution is 2.30. The highest BCUT2D eigenvalue weighted by atomic mass is 35.5. The molecule has 3 nitrogen and oxygen atoms in total. The molecule has 0 radical (unpaired) electrons. The van der Waals surface area contributed by atoms with Gasteiger partial charge in [0.1, 0.15) is 0 Å². The Morgan fingerprint density at radius 2 is 2.00 bits per heavy atom. The molecule has 2 rings (SSSR count). The molecule has 1 saturated heterocycles. The second kappa shape index (κ2) is 7.91. The van der Waals surface area contributed by atoms with Crippen molar-refractivity contribution in [2.24, 2.45) is 11.7 Å². The fourth-order valence-electron chi connectivity index (χ4n) is 2.31. The summed E-state index contributed by atoms with van der Waals surface area (Å²) in [6.45, 7) is 4.65. The van der Waals surface area contributed by atoms with Crippen LogP contribution in [-0.4, -0.2) is 34.9 Å². The number of rotatable bonds is 3. The molecule has 5 heteroatoms. The van der Waals surface area contributed by atoms with Crippen molar-refractivity contribution in [2.45, 2.75) is 25.9 Å². The molecular weight excluding hydrogens is 292 g/mol. The summed E-state index contributed by atoms with van der Waals surface area (Å²) in [5, 5.41) is 0. The van der Waals surface area contributed by atoms with E-state index in [-0.39, 0.29) is 36.3 Å². The van der Waals surface area contributed by atoms with Crippen LogP contribution in [0.5, 0.6) is 0 Å². The van der Waals surface area contributed by atoms with E-state index in [1.807, 2.05) is 48.7 Å². The maximum absolute atomic E-state index is 12.6. The van der Waals surface area contributed by atoms with Crippen LogP contribution in [0.4, 0.5) is 0 Å². The number of carbonyl (C=O) groups excluding carboxylic acids is 1. The first-order valence-electron chi connectivity index (χ1n) is 6.80. The number of halogens is 1. The summed E-state index contributed by atoms with van der Waals surface area (Å²) >= 11 is 1.91. The maximum Gasteiger partial charge on any atom is 0.227 e. The smallest absolute Gasteiger partial charge is 0.227 e. The minimum absolute atomic E-state index is 0. The quantitative estimate of drug-likeness (QED) is 0.933. The summed E-state index contributed by atoms with van der Waals surface area (Å²) in [6.07, 6.45) is 0. The van der Waals surface area contributed by atoms with E-state index in [0.717, 1.165) is 18.1 Å². The van der Waals surface area contributed by atoms with Gasteiger partial charge < -0.3 is 10.6 Å². The summed E-state index contributed by atoms with van der Waals surface area (Å²) in [5.74, 6) is 2.06. The number of hydrogen-bond donors (Lipinski definition) is 1. The monoisotopic (exact) mass is 314 g/mol. The van der Waals surface area contributed by atoms with Gasteiger partial charge in [0.25, 0.3) is 0 Å². The van der Waals surface area contributed by atoms with Gasteiger partial charge in [-0.1, -0.05) is 37.3 Å². The van der Waals surface area contributed by atoms with E-state index >= 15 is 0 Å². The number of benzene rings is 1. The van der Waals surface area contributed by atoms with Gasteiger partial charge >= 0.3 is 0 Å². The minimum Gasteiger partial charge on any atom is -0.334 e. The number of thioether (sulfide) groups is 1. The number of nitrogens with zero attached hydrogens (tertiary/aromatic N) is 1. The second-order valence-corrected chi connectivity index (χ2v) is 6.33. The maximum atomic E-state index is 12.6. The van der Waals surface area contributed by atoms with Crippen LogP contribution in [0.15, 0.2) is 30.3 Å². The van der Waals surface area contributed by atoms with Gasteiger partial charge in [-0.15, -0.1) is 12.4 Å². The van der Waals surface area contributed by atoms with E-state index in [4.69, 9.17) is 5.73 Å². The molecule has 0 aliphatic carbocycles. The fraction of sp³-hybridized carbons (Fsp3) is 0.533. The molecule has 0 saturated carbocycles. The van der Waals surface area contributed by atoms with Gasteiger partial charge in [0.05, 0.1) is 12.0 Å². The van der Waals surface area contributed by atoms with Crippen molar-refractivity contribution < 1.29 is 4.79 Å². The Hall–Kier alpha value is -0.710. The lowest BCUT2D eigenvalue weighted by Gasteiger charge is -2.38. The lowest BCUT2D eigenvalue weighted by molar-refractivity contribution is -0.137. The zero-order valence-corrected chi connectivity index (χ0v) is 13.6. The van der Waals surface area contributed by atoms with Crippen LogP contribution < -0.4 is 5.73 Å². The Morgan fingerprint density at radius 3 is 2.60 bits per heavy atom. The SMILES string of the molecule is CC(N)C(C)C(=O)N1CCSCC1c1ccccc1.Cl. The topological polar surface area (TPSA) is 46.3 Å². The Balaban J connectivity index is 0.00000200. The van der Waals surface area contributed by atoms with Gasteiger partial charge in [0.2, 0.25) is 5.91 Å². The fourth-order valence-corrected chi connectivity index (χ4v) is 3.39. The first kappa shape index (κ1) is 17.3. The molecular formula is C15H23ClN2OS. The van der Waals surface area contributed by atoms with Gasteiger partial charge in [-0.05, 0) is 12.5 Å². The van der Waals surface area contributed by atoms with Crippen molar-refractivity contribution in [3.05, 3.63) is 35.9 Å². The Labute approximate surface area is 131 Å². The molecule has 112 valence electrons. The molecule has 1 fully saturated rings. The van der Waals surface area contributed by atoms with E-state index in [9.17, 15) is 4.79 Å². The molecule has 2 N–H and O–H groups in total. The standard InChI is InChI=1S/C15H22N2OS.ClH/c1-11(12(2)16)15(18)17-8-9-19-10-14(17)13-6-4-3-5-7-13;/h3-7,11-12,14H,8-10,16H2,1-2H3;1H. The van der Waals surface area contributed by atoms with Crippen LogP contribution >= 0.6 is 24.2 Å². The number of nitrogens with two attached hydrogens (primary N) is 1. The predicted octanol–water partition coefficient (Wildman–Crippen LogP) is 2.71. The second-order valence-electron chi connectivity index (χ2n) is 5.18. The zero-order chi connectivity index (χ0) is 13.8. The predicted molar refractivity (Wildman–Crippen MR) is 88.3 cm³/mol. The third kappa shape index (κ3) is 3.90. The van der Waals surface area contributed by atoms with Crippen LogP contribution in [0.3, 0.4) is 0 Å². The Bertz CT molecular complexity index is 427. The van der Waals surface area contributed by atoms with E-state index in [0.29, 0.717) is 0 Å². The lowest BCUT2D eigenvalue weighted by Crippen LogP contribution is -2.46. The molecule has 3 unspecified atom stereocenters. The molecule has 1 amide bonds. The highest BCUT2D eigenvalue weighted by molar-refractivity contribution is 7.99. The number of hydrogen-bond acceptors (Lipinski definition) is 3. The summed E-state index contributed by atoms with van der Waals surface area (Å²) in [4.78, 5) is 14.6. The van der Waals surface area contributed by atoms with Crippen LogP contribution in [0.25, 0.3) is 0 Å². The van der Waals surface area contributed by atoms with Gasteiger partial charge in [0.15, 0.2) is 0 Å². The molecule has 20 heavy (non-hydrogen) atoms. The lowest BCUT2D eigenvalue weighted by atomic mass is 10.00. The van der Waals surface area contributed by atoms with Crippen molar-refractivity contribution in [2.75, 3.05) is 18.1 Å². The Kier molecular flexibility index (Phi) is 6.86. The molecule has 0 bridgehead atoms. The minimum atomic E-state index is -0.116. The van der Waals surface area contributed by atoms with E-state index < -0.39 is 0 Å². The van der Waals surface area contributed by atoms with Gasteiger partial charge in [-0.3, -0.25) is 4.79 Å². The molecule has 1 aromatic rings. The summed E-state index contributed by atoms with van der Waals surface area (Å²) in [6, 6.07) is 10.4. The molecule has 0 spiro atoms. The van der Waals surface area contributed by atoms with Crippen LogP contribution in [-0.2, 0) is 4.79 Å². The average molecular weight is 315 g/mol. The summed E-state index contributed by atoms with van der Waals surface area (Å²) < 4.78 is 0. The summed E-state index contributed by atoms with van der Waals surface area (Å²) in [7, 11) is 0. The highest BCUT2D eigenvalue weighted by Gasteiger charge is 2.31. The largest absolute Gasteiger partial charge is 0.334 e. The van der Waals surface area contributed by atoms with E-state index in [1.165, 1.54) is 5.56 Å². The van der Waals surface area contributed by atoms with Crippen LogP contribution in [0, 0.1) is 5.92 Å². The van der Waals surface area contributed by atoms with E-state index in [2.05, 4.69) is 12.1 Å². The molecule has 0 aromatic heterocycles. The molecule has 1 heterocycles. The normalized spacial score (nSPS) is 21.8. The molecule has 1 aliphatic heterocycles. The van der Waals surface area contributed by atoms with Gasteiger partial charge in [-0.25, -0.2) is 0 Å². The van der Waals surface area contributed by atoms with Gasteiger partial charge in [-0.2, -0.15) is 11.8 Å². The van der Waals surface area contributed by atoms with Crippen molar-refractivity contribution in [3.8, 4) is 0 Å². The van der Waals surface area contributed by atoms with Crippen molar-refractivity contribution in [1.29, 1.82) is 0 Å². The first-order valence-corrected chi connectivity index (χ1v) is 7.95. The molecule has 1 aromatic carbocycles. The third-order valence-electron chi connectivity index (χ3n) is 3.77. The van der Waals surface area contributed by atoms with Crippen molar-refractivity contribution >= 4 is 30.1 Å².